The second-order valence-electron chi connectivity index (χ2n) is 10.1. The number of rotatable bonds is 4. The van der Waals surface area contributed by atoms with Crippen molar-refractivity contribution >= 4 is 17.4 Å². The maximum Gasteiger partial charge on any atom is 0.337 e. The van der Waals surface area contributed by atoms with Crippen molar-refractivity contribution < 1.29 is 24.4 Å². The summed E-state index contributed by atoms with van der Waals surface area (Å²) < 4.78 is 5.86. The number of benzene rings is 1. The zero-order valence-corrected chi connectivity index (χ0v) is 19.3. The van der Waals surface area contributed by atoms with Crippen LogP contribution in [0.15, 0.2) is 40.7 Å². The number of dihydropyridines is 1. The van der Waals surface area contributed by atoms with Gasteiger partial charge in [0.15, 0.2) is 11.5 Å². The number of Topliss-reactive ketones (excluding diaryl/α,β-unsaturated/α-hetero) is 1. The summed E-state index contributed by atoms with van der Waals surface area (Å²) in [6.45, 7) is 5.81. The summed E-state index contributed by atoms with van der Waals surface area (Å²) in [5.41, 5.74) is 1.78. The van der Waals surface area contributed by atoms with Gasteiger partial charge in [-0.1, -0.05) is 26.3 Å². The van der Waals surface area contributed by atoms with Crippen molar-refractivity contribution in [1.29, 1.82) is 0 Å². The average molecular weight is 455 g/mol. The first-order valence-electron chi connectivity index (χ1n) is 11.5. The second kappa shape index (κ2) is 8.65. The molecule has 2 aliphatic carbocycles. The van der Waals surface area contributed by atoms with E-state index in [1.165, 1.54) is 18.2 Å². The Balaban J connectivity index is 1.81. The van der Waals surface area contributed by atoms with Crippen LogP contribution in [-0.2, 0) is 14.3 Å². The highest BCUT2D eigenvalue weighted by Gasteiger charge is 2.44. The van der Waals surface area contributed by atoms with Gasteiger partial charge in [0.2, 0.25) is 0 Å². The van der Waals surface area contributed by atoms with Gasteiger partial charge in [-0.2, -0.15) is 0 Å². The standard InChI is InChI=1S/C25H30N2O6/c1-14-21(24(30)33-16-7-5-4-6-8-16)22(15-9-10-19(28)18(11-15)27(31)32)23-17(26-14)12-25(2,3)13-20(23)29/h9-11,16,22,26,28H,4-8,12-13H2,1-3H3/t22-/m1/s1. The monoisotopic (exact) mass is 454 g/mol. The van der Waals surface area contributed by atoms with Crippen LogP contribution < -0.4 is 5.32 Å². The van der Waals surface area contributed by atoms with Crippen molar-refractivity contribution in [2.75, 3.05) is 0 Å². The molecule has 0 unspecified atom stereocenters. The summed E-state index contributed by atoms with van der Waals surface area (Å²) >= 11 is 0. The van der Waals surface area contributed by atoms with Crippen molar-refractivity contribution in [1.82, 2.24) is 5.32 Å². The first-order chi connectivity index (χ1) is 15.6. The number of allylic oxidation sites excluding steroid dienone is 3. The van der Waals surface area contributed by atoms with Crippen molar-refractivity contribution in [3.63, 3.8) is 0 Å². The van der Waals surface area contributed by atoms with Crippen LogP contribution in [-0.4, -0.2) is 27.9 Å². The number of ether oxygens (including phenoxy) is 1. The van der Waals surface area contributed by atoms with Crippen LogP contribution in [0.3, 0.4) is 0 Å². The molecule has 1 aromatic rings. The van der Waals surface area contributed by atoms with E-state index in [1.54, 1.807) is 6.92 Å². The third-order valence-electron chi connectivity index (χ3n) is 6.82. The third-order valence-corrected chi connectivity index (χ3v) is 6.82. The number of nitro groups is 1. The molecule has 8 heteroatoms. The Hall–Kier alpha value is -3.16. The van der Waals surface area contributed by atoms with Crippen LogP contribution in [0.2, 0.25) is 0 Å². The van der Waals surface area contributed by atoms with E-state index in [-0.39, 0.29) is 17.3 Å². The second-order valence-corrected chi connectivity index (χ2v) is 10.1. The van der Waals surface area contributed by atoms with E-state index >= 15 is 0 Å². The maximum atomic E-state index is 13.4. The van der Waals surface area contributed by atoms with Crippen LogP contribution in [0.5, 0.6) is 5.75 Å². The molecule has 0 bridgehead atoms. The molecule has 0 aromatic heterocycles. The fourth-order valence-corrected chi connectivity index (χ4v) is 5.30. The van der Waals surface area contributed by atoms with Crippen molar-refractivity contribution in [3.05, 3.63) is 56.4 Å². The van der Waals surface area contributed by atoms with Gasteiger partial charge in [-0.3, -0.25) is 14.9 Å². The molecule has 1 heterocycles. The molecule has 1 fully saturated rings. The topological polar surface area (TPSA) is 119 Å². The highest BCUT2D eigenvalue weighted by Crippen LogP contribution is 2.48. The Kier molecular flexibility index (Phi) is 6.03. The normalized spacial score (nSPS) is 23.1. The maximum absolute atomic E-state index is 13.4. The SMILES string of the molecule is CC1=C(C(=O)OC2CCCCC2)[C@@H](c2ccc(O)c([N+](=O)[O-])c2)C2=C(CC(C)(C)CC2=O)N1. The van der Waals surface area contributed by atoms with Crippen molar-refractivity contribution in [2.24, 2.45) is 5.41 Å². The number of phenols is 1. The predicted molar refractivity (Wildman–Crippen MR) is 121 cm³/mol. The molecule has 0 amide bonds. The molecule has 1 atom stereocenters. The van der Waals surface area contributed by atoms with Crippen molar-refractivity contribution in [3.8, 4) is 5.75 Å². The summed E-state index contributed by atoms with van der Waals surface area (Å²) in [5, 5.41) is 24.7. The van der Waals surface area contributed by atoms with Crippen LogP contribution >= 0.6 is 0 Å². The fourth-order valence-electron chi connectivity index (χ4n) is 5.30. The lowest BCUT2D eigenvalue weighted by molar-refractivity contribution is -0.385. The number of ketones is 1. The first kappa shape index (κ1) is 23.0. The van der Waals surface area contributed by atoms with Crippen LogP contribution in [0.25, 0.3) is 0 Å². The Labute approximate surface area is 192 Å². The summed E-state index contributed by atoms with van der Waals surface area (Å²) in [4.78, 5) is 37.6. The van der Waals surface area contributed by atoms with Gasteiger partial charge in [0.1, 0.15) is 6.10 Å². The molecule has 1 aromatic carbocycles. The molecule has 4 rings (SSSR count). The molecule has 176 valence electrons. The molecule has 0 radical (unpaired) electrons. The minimum Gasteiger partial charge on any atom is -0.502 e. The average Bonchev–Trinajstić information content (AvgIpc) is 2.72. The molecular formula is C25H30N2O6. The number of nitrogens with one attached hydrogen (secondary N) is 1. The summed E-state index contributed by atoms with van der Waals surface area (Å²) in [5.74, 6) is -1.85. The lowest BCUT2D eigenvalue weighted by atomic mass is 9.68. The zero-order valence-electron chi connectivity index (χ0n) is 19.3. The summed E-state index contributed by atoms with van der Waals surface area (Å²) in [6, 6.07) is 4.04. The van der Waals surface area contributed by atoms with Gasteiger partial charge in [0.25, 0.3) is 0 Å². The van der Waals surface area contributed by atoms with Gasteiger partial charge >= 0.3 is 11.7 Å². The molecule has 3 aliphatic rings. The molecule has 8 nitrogen and oxygen atoms in total. The molecule has 0 saturated heterocycles. The number of aromatic hydroxyl groups is 1. The molecule has 1 aliphatic heterocycles. The molecular weight excluding hydrogens is 424 g/mol. The fraction of sp³-hybridized carbons (Fsp3) is 0.520. The molecule has 1 saturated carbocycles. The van der Waals surface area contributed by atoms with E-state index in [4.69, 9.17) is 4.74 Å². The van der Waals surface area contributed by atoms with E-state index < -0.39 is 28.2 Å². The number of hydrogen-bond donors (Lipinski definition) is 2. The van der Waals surface area contributed by atoms with Gasteiger partial charge in [0, 0.05) is 35.4 Å². The van der Waals surface area contributed by atoms with Crippen LogP contribution in [0, 0.1) is 15.5 Å². The Bertz CT molecular complexity index is 1080. The zero-order chi connectivity index (χ0) is 23.9. The Morgan fingerprint density at radius 3 is 2.58 bits per heavy atom. The minimum absolute atomic E-state index is 0.0926. The smallest absolute Gasteiger partial charge is 0.337 e. The van der Waals surface area contributed by atoms with Gasteiger partial charge in [-0.25, -0.2) is 4.79 Å². The number of hydrogen-bond acceptors (Lipinski definition) is 7. The van der Waals surface area contributed by atoms with Gasteiger partial charge in [0.05, 0.1) is 10.5 Å². The molecule has 2 N–H and O–H groups in total. The molecule has 0 spiro atoms. The van der Waals surface area contributed by atoms with E-state index in [9.17, 15) is 24.8 Å². The van der Waals surface area contributed by atoms with Crippen LogP contribution in [0.4, 0.5) is 5.69 Å². The number of carbonyl (C=O) groups is 2. The van der Waals surface area contributed by atoms with Crippen LogP contribution in [0.1, 0.15) is 77.2 Å². The minimum atomic E-state index is -0.791. The molecule has 33 heavy (non-hydrogen) atoms. The first-order valence-corrected chi connectivity index (χ1v) is 11.5. The lowest BCUT2D eigenvalue weighted by Gasteiger charge is -2.39. The quantitative estimate of drug-likeness (QED) is 0.382. The van der Waals surface area contributed by atoms with E-state index in [0.29, 0.717) is 35.2 Å². The summed E-state index contributed by atoms with van der Waals surface area (Å²) in [7, 11) is 0. The Morgan fingerprint density at radius 2 is 1.91 bits per heavy atom. The predicted octanol–water partition coefficient (Wildman–Crippen LogP) is 4.78. The van der Waals surface area contributed by atoms with Gasteiger partial charge in [-0.05, 0) is 56.1 Å². The van der Waals surface area contributed by atoms with Gasteiger partial charge in [-0.15, -0.1) is 0 Å². The Morgan fingerprint density at radius 1 is 1.21 bits per heavy atom. The van der Waals surface area contributed by atoms with E-state index in [0.717, 1.165) is 37.8 Å². The number of nitro benzene ring substituents is 1. The number of esters is 1. The lowest BCUT2D eigenvalue weighted by Crippen LogP contribution is -2.39. The number of carbonyl (C=O) groups excluding carboxylic acids is 2. The largest absolute Gasteiger partial charge is 0.502 e. The highest BCUT2D eigenvalue weighted by atomic mass is 16.6. The van der Waals surface area contributed by atoms with Crippen molar-refractivity contribution in [2.45, 2.75) is 77.7 Å². The van der Waals surface area contributed by atoms with E-state index in [2.05, 4.69) is 5.32 Å². The summed E-state index contributed by atoms with van der Waals surface area (Å²) in [6.07, 6.45) is 5.51. The van der Waals surface area contributed by atoms with Gasteiger partial charge < -0.3 is 15.2 Å². The van der Waals surface area contributed by atoms with E-state index in [1.807, 2.05) is 13.8 Å². The third kappa shape index (κ3) is 4.51. The highest BCUT2D eigenvalue weighted by molar-refractivity contribution is 6.04. The number of nitrogens with zero attached hydrogens (tertiary/aromatic N) is 1. The number of phenolic OH excluding ortho intramolecular Hbond substituents is 1.